The van der Waals surface area contributed by atoms with Crippen molar-refractivity contribution >= 4 is 27.6 Å². The number of hydrogen-bond acceptors (Lipinski definition) is 4. The number of pyridine rings is 1. The Bertz CT molecular complexity index is 835. The molecule has 3 rings (SSSR count). The first kappa shape index (κ1) is 16.7. The van der Waals surface area contributed by atoms with E-state index in [1.807, 2.05) is 17.8 Å². The summed E-state index contributed by atoms with van der Waals surface area (Å²) in [6.45, 7) is 4.19. The molecular formula is C19H27N5. The van der Waals surface area contributed by atoms with Crippen LogP contribution in [-0.2, 0) is 7.05 Å². The molecule has 0 fully saturated rings. The minimum Gasteiger partial charge on any atom is -0.384 e. The van der Waals surface area contributed by atoms with E-state index in [1.54, 1.807) is 0 Å². The van der Waals surface area contributed by atoms with Gasteiger partial charge in [0.1, 0.15) is 0 Å². The molecular weight excluding hydrogens is 298 g/mol. The van der Waals surface area contributed by atoms with E-state index >= 15 is 0 Å². The van der Waals surface area contributed by atoms with Gasteiger partial charge in [-0.15, -0.1) is 0 Å². The first-order valence-electron chi connectivity index (χ1n) is 8.68. The third-order valence-corrected chi connectivity index (χ3v) is 4.43. The minimum atomic E-state index is 0.946. The van der Waals surface area contributed by atoms with E-state index in [-0.39, 0.29) is 0 Å². The third kappa shape index (κ3) is 3.36. The Hall–Kier alpha value is -2.14. The maximum Gasteiger partial charge on any atom is 0.160 e. The van der Waals surface area contributed by atoms with Crippen LogP contribution in [0.3, 0.4) is 0 Å². The van der Waals surface area contributed by atoms with Gasteiger partial charge in [0.2, 0.25) is 0 Å². The number of nitrogens with zero attached hydrogens (tertiary/aromatic N) is 4. The Labute approximate surface area is 143 Å². The van der Waals surface area contributed by atoms with Crippen molar-refractivity contribution in [2.24, 2.45) is 7.05 Å². The molecule has 5 heteroatoms. The highest BCUT2D eigenvalue weighted by molar-refractivity contribution is 6.07. The molecule has 24 heavy (non-hydrogen) atoms. The van der Waals surface area contributed by atoms with Gasteiger partial charge in [0.25, 0.3) is 0 Å². The highest BCUT2D eigenvalue weighted by Gasteiger charge is 2.14. The lowest BCUT2D eigenvalue weighted by Crippen LogP contribution is -2.13. The predicted molar refractivity (Wildman–Crippen MR) is 102 cm³/mol. The van der Waals surface area contributed by atoms with Crippen LogP contribution in [0.15, 0.2) is 24.3 Å². The van der Waals surface area contributed by atoms with Crippen LogP contribution < -0.4 is 5.32 Å². The first-order valence-corrected chi connectivity index (χ1v) is 8.68. The molecule has 0 amide bonds. The van der Waals surface area contributed by atoms with Crippen molar-refractivity contribution in [3.05, 3.63) is 30.0 Å². The molecule has 0 atom stereocenters. The van der Waals surface area contributed by atoms with Gasteiger partial charge in [-0.1, -0.05) is 24.6 Å². The van der Waals surface area contributed by atoms with E-state index in [1.165, 1.54) is 30.3 Å². The SMILES string of the molecule is Cc1nn(C)c2nc3ccccc3c(NCCCCCN(C)C)c12. The molecule has 0 aliphatic carbocycles. The standard InChI is InChI=1S/C19H27N5/c1-14-17-18(20-12-8-5-9-13-23(2)3)15-10-6-7-11-16(15)21-19(17)24(4)22-14/h6-7,10-11H,5,8-9,12-13H2,1-4H3,(H,20,21). The summed E-state index contributed by atoms with van der Waals surface area (Å²) in [6.07, 6.45) is 3.65. The van der Waals surface area contributed by atoms with Crippen molar-refractivity contribution in [1.29, 1.82) is 0 Å². The van der Waals surface area contributed by atoms with Crippen molar-refractivity contribution < 1.29 is 0 Å². The molecule has 2 heterocycles. The molecule has 1 aromatic carbocycles. The Balaban J connectivity index is 1.84. The summed E-state index contributed by atoms with van der Waals surface area (Å²) in [5, 5.41) is 10.5. The molecule has 0 aliphatic heterocycles. The second-order valence-electron chi connectivity index (χ2n) is 6.70. The summed E-state index contributed by atoms with van der Waals surface area (Å²) in [6, 6.07) is 8.32. The summed E-state index contributed by atoms with van der Waals surface area (Å²) < 4.78 is 1.87. The number of hydrogen-bond donors (Lipinski definition) is 1. The molecule has 3 aromatic rings. The van der Waals surface area contributed by atoms with Crippen LogP contribution >= 0.6 is 0 Å². The number of aryl methyl sites for hydroxylation is 2. The zero-order valence-corrected chi connectivity index (χ0v) is 15.1. The highest BCUT2D eigenvalue weighted by Crippen LogP contribution is 2.32. The number of anilines is 1. The number of fused-ring (bicyclic) bond motifs is 2. The summed E-state index contributed by atoms with van der Waals surface area (Å²) in [5.41, 5.74) is 4.17. The third-order valence-electron chi connectivity index (χ3n) is 4.43. The van der Waals surface area contributed by atoms with E-state index in [4.69, 9.17) is 4.98 Å². The fraction of sp³-hybridized carbons (Fsp3) is 0.474. The molecule has 2 aromatic heterocycles. The number of unbranched alkanes of at least 4 members (excludes halogenated alkanes) is 2. The van der Waals surface area contributed by atoms with Gasteiger partial charge < -0.3 is 10.2 Å². The van der Waals surface area contributed by atoms with Crippen molar-refractivity contribution in [1.82, 2.24) is 19.7 Å². The van der Waals surface area contributed by atoms with Gasteiger partial charge in [-0.3, -0.25) is 4.68 Å². The number of rotatable bonds is 7. The van der Waals surface area contributed by atoms with Crippen LogP contribution in [-0.4, -0.2) is 46.8 Å². The summed E-state index contributed by atoms with van der Waals surface area (Å²) in [5.74, 6) is 0. The van der Waals surface area contributed by atoms with Crippen LogP contribution in [0.4, 0.5) is 5.69 Å². The Morgan fingerprint density at radius 3 is 2.71 bits per heavy atom. The molecule has 0 saturated heterocycles. The molecule has 1 N–H and O–H groups in total. The normalized spacial score (nSPS) is 11.7. The summed E-state index contributed by atoms with van der Waals surface area (Å²) in [7, 11) is 6.22. The van der Waals surface area contributed by atoms with Gasteiger partial charge in [-0.05, 0) is 46.5 Å². The summed E-state index contributed by atoms with van der Waals surface area (Å²) >= 11 is 0. The molecule has 0 saturated carbocycles. The Morgan fingerprint density at radius 2 is 1.92 bits per heavy atom. The van der Waals surface area contributed by atoms with Gasteiger partial charge in [-0.2, -0.15) is 5.10 Å². The predicted octanol–water partition coefficient (Wildman–Crippen LogP) is 3.57. The van der Waals surface area contributed by atoms with Gasteiger partial charge in [0.05, 0.1) is 22.3 Å². The lowest BCUT2D eigenvalue weighted by Gasteiger charge is -2.12. The second kappa shape index (κ2) is 7.18. The Morgan fingerprint density at radius 1 is 1.12 bits per heavy atom. The van der Waals surface area contributed by atoms with Crippen LogP contribution in [0.1, 0.15) is 25.0 Å². The molecule has 5 nitrogen and oxygen atoms in total. The fourth-order valence-corrected chi connectivity index (χ4v) is 3.23. The highest BCUT2D eigenvalue weighted by atomic mass is 15.3. The fourth-order valence-electron chi connectivity index (χ4n) is 3.23. The van der Waals surface area contributed by atoms with Gasteiger partial charge >= 0.3 is 0 Å². The first-order chi connectivity index (χ1) is 11.6. The van der Waals surface area contributed by atoms with Crippen LogP contribution in [0.5, 0.6) is 0 Å². The zero-order chi connectivity index (χ0) is 17.1. The van der Waals surface area contributed by atoms with Crippen molar-refractivity contribution in [2.75, 3.05) is 32.5 Å². The molecule has 0 bridgehead atoms. The zero-order valence-electron chi connectivity index (χ0n) is 15.1. The molecule has 128 valence electrons. The van der Waals surface area contributed by atoms with Crippen molar-refractivity contribution in [3.63, 3.8) is 0 Å². The monoisotopic (exact) mass is 325 g/mol. The number of benzene rings is 1. The van der Waals surface area contributed by atoms with Crippen LogP contribution in [0.25, 0.3) is 21.9 Å². The topological polar surface area (TPSA) is 46.0 Å². The molecule has 0 spiro atoms. The number of para-hydroxylation sites is 1. The maximum absolute atomic E-state index is 4.79. The number of nitrogens with one attached hydrogen (secondary N) is 1. The lowest BCUT2D eigenvalue weighted by atomic mass is 10.1. The minimum absolute atomic E-state index is 0.946. The average molecular weight is 325 g/mol. The summed E-state index contributed by atoms with van der Waals surface area (Å²) in [4.78, 5) is 7.03. The molecule has 0 radical (unpaired) electrons. The molecule has 0 aliphatic rings. The van der Waals surface area contributed by atoms with E-state index in [0.717, 1.165) is 35.3 Å². The Kier molecular flexibility index (Phi) is 5.00. The van der Waals surface area contributed by atoms with Gasteiger partial charge in [0, 0.05) is 19.0 Å². The van der Waals surface area contributed by atoms with E-state index in [0.29, 0.717) is 0 Å². The van der Waals surface area contributed by atoms with Crippen molar-refractivity contribution in [2.45, 2.75) is 26.2 Å². The quantitative estimate of drug-likeness (QED) is 0.675. The van der Waals surface area contributed by atoms with Crippen LogP contribution in [0, 0.1) is 6.92 Å². The second-order valence-corrected chi connectivity index (χ2v) is 6.70. The van der Waals surface area contributed by atoms with E-state index in [9.17, 15) is 0 Å². The van der Waals surface area contributed by atoms with Gasteiger partial charge in [-0.25, -0.2) is 4.98 Å². The molecule has 0 unspecified atom stereocenters. The largest absolute Gasteiger partial charge is 0.384 e. The lowest BCUT2D eigenvalue weighted by molar-refractivity contribution is 0.393. The smallest absolute Gasteiger partial charge is 0.160 e. The van der Waals surface area contributed by atoms with E-state index < -0.39 is 0 Å². The van der Waals surface area contributed by atoms with E-state index in [2.05, 4.69) is 54.5 Å². The number of aromatic nitrogens is 3. The maximum atomic E-state index is 4.79. The van der Waals surface area contributed by atoms with Crippen LogP contribution in [0.2, 0.25) is 0 Å². The van der Waals surface area contributed by atoms with Crippen molar-refractivity contribution in [3.8, 4) is 0 Å². The van der Waals surface area contributed by atoms with Gasteiger partial charge in [0.15, 0.2) is 5.65 Å². The average Bonchev–Trinajstić information content (AvgIpc) is 2.84.